The number of fused-ring (bicyclic) bond motifs is 1. The average Bonchev–Trinajstić information content (AvgIpc) is 3.66. The summed E-state index contributed by atoms with van der Waals surface area (Å²) in [6.07, 6.45) is 5.70. The molecular formula is C26H24Cl2FN7O. The van der Waals surface area contributed by atoms with Gasteiger partial charge >= 0.3 is 0 Å². The molecule has 0 spiro atoms. The summed E-state index contributed by atoms with van der Waals surface area (Å²) in [4.78, 5) is 2.23. The van der Waals surface area contributed by atoms with E-state index in [1.165, 1.54) is 12.1 Å². The third kappa shape index (κ3) is 4.74. The molecule has 3 aromatic heterocycles. The second-order valence-electron chi connectivity index (χ2n) is 9.29. The van der Waals surface area contributed by atoms with Crippen LogP contribution in [0, 0.1) is 5.82 Å². The molecule has 6 rings (SSSR count). The number of aryl methyl sites for hydroxylation is 1. The zero-order valence-electron chi connectivity index (χ0n) is 20.1. The van der Waals surface area contributed by atoms with Crippen LogP contribution in [0.5, 0.6) is 0 Å². The summed E-state index contributed by atoms with van der Waals surface area (Å²) >= 11 is 12.2. The second-order valence-corrected chi connectivity index (χ2v) is 10.1. The van der Waals surface area contributed by atoms with Gasteiger partial charge in [-0.05, 0) is 62.2 Å². The molecule has 0 amide bonds. The van der Waals surface area contributed by atoms with Gasteiger partial charge in [-0.3, -0.25) is 14.7 Å². The number of benzene rings is 2. The Morgan fingerprint density at radius 3 is 2.86 bits per heavy atom. The van der Waals surface area contributed by atoms with Gasteiger partial charge in [-0.25, -0.2) is 4.39 Å². The van der Waals surface area contributed by atoms with Gasteiger partial charge in [-0.15, -0.1) is 10.2 Å². The SMILES string of the molecule is CCn1cc(-c2n[nH]c3ccc(-c4nnc([C@@H]5CCCN(Cc6cc(F)c(Cl)cc6Cl)C5)o4)cc23)cn1. The van der Waals surface area contributed by atoms with Crippen LogP contribution in [0.15, 0.2) is 47.1 Å². The molecule has 2 aromatic carbocycles. The Balaban J connectivity index is 1.22. The average molecular weight is 540 g/mol. The maximum absolute atomic E-state index is 14.0. The van der Waals surface area contributed by atoms with Crippen LogP contribution in [0.25, 0.3) is 33.6 Å². The van der Waals surface area contributed by atoms with E-state index in [4.69, 9.17) is 27.6 Å². The molecule has 4 heterocycles. The van der Waals surface area contributed by atoms with Crippen molar-refractivity contribution < 1.29 is 8.81 Å². The van der Waals surface area contributed by atoms with E-state index in [-0.39, 0.29) is 10.9 Å². The maximum Gasteiger partial charge on any atom is 0.247 e. The smallest absolute Gasteiger partial charge is 0.247 e. The third-order valence-electron chi connectivity index (χ3n) is 6.82. The van der Waals surface area contributed by atoms with E-state index in [1.807, 2.05) is 42.2 Å². The minimum Gasteiger partial charge on any atom is -0.420 e. The summed E-state index contributed by atoms with van der Waals surface area (Å²) in [7, 11) is 0. The van der Waals surface area contributed by atoms with Crippen molar-refractivity contribution in [2.24, 2.45) is 0 Å². The molecule has 1 atom stereocenters. The number of halogens is 3. The molecule has 1 N–H and O–H groups in total. The number of aromatic amines is 1. The van der Waals surface area contributed by atoms with E-state index in [1.54, 1.807) is 0 Å². The van der Waals surface area contributed by atoms with Crippen LogP contribution in [0.4, 0.5) is 4.39 Å². The lowest BCUT2D eigenvalue weighted by Crippen LogP contribution is -2.34. The predicted octanol–water partition coefficient (Wildman–Crippen LogP) is 6.32. The molecule has 0 aliphatic carbocycles. The number of rotatable bonds is 6. The highest BCUT2D eigenvalue weighted by Crippen LogP contribution is 2.33. The quantitative estimate of drug-likeness (QED) is 0.254. The van der Waals surface area contributed by atoms with Gasteiger partial charge in [0.15, 0.2) is 0 Å². The lowest BCUT2D eigenvalue weighted by molar-refractivity contribution is 0.186. The molecule has 8 nitrogen and oxygen atoms in total. The van der Waals surface area contributed by atoms with Gasteiger partial charge in [0.05, 0.1) is 22.7 Å². The molecule has 1 saturated heterocycles. The predicted molar refractivity (Wildman–Crippen MR) is 140 cm³/mol. The number of aromatic nitrogens is 6. The van der Waals surface area contributed by atoms with Crippen molar-refractivity contribution in [2.75, 3.05) is 13.1 Å². The summed E-state index contributed by atoms with van der Waals surface area (Å²) < 4.78 is 22.0. The Morgan fingerprint density at radius 2 is 2.03 bits per heavy atom. The van der Waals surface area contributed by atoms with Crippen LogP contribution in [0.2, 0.25) is 10.0 Å². The molecule has 1 aliphatic rings. The topological polar surface area (TPSA) is 88.7 Å². The summed E-state index contributed by atoms with van der Waals surface area (Å²) in [5, 5.41) is 22.1. The fourth-order valence-corrected chi connectivity index (χ4v) is 5.31. The highest BCUT2D eigenvalue weighted by molar-refractivity contribution is 6.35. The third-order valence-corrected chi connectivity index (χ3v) is 7.46. The molecule has 0 saturated carbocycles. The number of nitrogens with one attached hydrogen (secondary N) is 1. The minimum absolute atomic E-state index is 0.0282. The summed E-state index contributed by atoms with van der Waals surface area (Å²) in [6, 6.07) is 8.79. The first-order chi connectivity index (χ1) is 18.0. The Kier molecular flexibility index (Phi) is 6.44. The first-order valence-electron chi connectivity index (χ1n) is 12.2. The Bertz CT molecular complexity index is 1580. The minimum atomic E-state index is -0.465. The normalized spacial score (nSPS) is 16.6. The molecule has 5 aromatic rings. The van der Waals surface area contributed by atoms with E-state index in [2.05, 4.69) is 30.4 Å². The zero-order valence-corrected chi connectivity index (χ0v) is 21.6. The molecule has 11 heteroatoms. The number of hydrogen-bond donors (Lipinski definition) is 1. The first kappa shape index (κ1) is 24.1. The van der Waals surface area contributed by atoms with Crippen molar-refractivity contribution in [1.82, 2.24) is 35.1 Å². The van der Waals surface area contributed by atoms with E-state index in [0.29, 0.717) is 35.5 Å². The highest BCUT2D eigenvalue weighted by Gasteiger charge is 2.27. The van der Waals surface area contributed by atoms with Gasteiger partial charge in [-0.2, -0.15) is 10.2 Å². The number of piperidine rings is 1. The van der Waals surface area contributed by atoms with E-state index >= 15 is 0 Å². The lowest BCUT2D eigenvalue weighted by Gasteiger charge is -2.31. The van der Waals surface area contributed by atoms with E-state index in [0.717, 1.165) is 53.7 Å². The fourth-order valence-electron chi connectivity index (χ4n) is 4.87. The summed E-state index contributed by atoms with van der Waals surface area (Å²) in [5.74, 6) is 0.685. The monoisotopic (exact) mass is 539 g/mol. The van der Waals surface area contributed by atoms with Gasteiger partial charge < -0.3 is 4.42 Å². The summed E-state index contributed by atoms with van der Waals surface area (Å²) in [6.45, 7) is 4.96. The summed E-state index contributed by atoms with van der Waals surface area (Å²) in [5.41, 5.74) is 4.23. The number of likely N-dealkylation sites (tertiary alicyclic amines) is 1. The van der Waals surface area contributed by atoms with Gasteiger partial charge in [0, 0.05) is 47.4 Å². The van der Waals surface area contributed by atoms with Gasteiger partial charge in [0.2, 0.25) is 11.8 Å². The lowest BCUT2D eigenvalue weighted by atomic mass is 9.97. The molecule has 190 valence electrons. The fraction of sp³-hybridized carbons (Fsp3) is 0.308. The molecule has 1 aliphatic heterocycles. The van der Waals surface area contributed by atoms with Crippen LogP contribution in [-0.2, 0) is 13.1 Å². The first-order valence-corrected chi connectivity index (χ1v) is 12.9. The Hall–Kier alpha value is -3.27. The maximum atomic E-state index is 14.0. The molecular weight excluding hydrogens is 516 g/mol. The van der Waals surface area contributed by atoms with Crippen molar-refractivity contribution >= 4 is 34.1 Å². The molecule has 37 heavy (non-hydrogen) atoms. The van der Waals surface area contributed by atoms with Crippen LogP contribution in [0.3, 0.4) is 0 Å². The van der Waals surface area contributed by atoms with Gasteiger partial charge in [0.25, 0.3) is 0 Å². The van der Waals surface area contributed by atoms with Gasteiger partial charge in [-0.1, -0.05) is 23.2 Å². The van der Waals surface area contributed by atoms with Crippen LogP contribution in [-0.4, -0.2) is 48.2 Å². The zero-order chi connectivity index (χ0) is 25.5. The molecule has 0 unspecified atom stereocenters. The van der Waals surface area contributed by atoms with E-state index < -0.39 is 5.82 Å². The van der Waals surface area contributed by atoms with Crippen molar-refractivity contribution in [3.8, 4) is 22.7 Å². The van der Waals surface area contributed by atoms with Crippen LogP contribution in [0.1, 0.15) is 37.1 Å². The van der Waals surface area contributed by atoms with Crippen molar-refractivity contribution in [3.63, 3.8) is 0 Å². The molecule has 0 bridgehead atoms. The largest absolute Gasteiger partial charge is 0.420 e. The van der Waals surface area contributed by atoms with Crippen molar-refractivity contribution in [1.29, 1.82) is 0 Å². The molecule has 1 fully saturated rings. The number of H-pyrrole nitrogens is 1. The Labute approximate surface area is 222 Å². The highest BCUT2D eigenvalue weighted by atomic mass is 35.5. The number of hydrogen-bond acceptors (Lipinski definition) is 6. The van der Waals surface area contributed by atoms with Crippen molar-refractivity contribution in [2.45, 2.75) is 38.8 Å². The van der Waals surface area contributed by atoms with Crippen molar-refractivity contribution in [3.05, 3.63) is 70.0 Å². The van der Waals surface area contributed by atoms with E-state index in [9.17, 15) is 4.39 Å². The number of nitrogens with zero attached hydrogens (tertiary/aromatic N) is 6. The van der Waals surface area contributed by atoms with Crippen LogP contribution < -0.4 is 0 Å². The Morgan fingerprint density at radius 1 is 1.14 bits per heavy atom. The second kappa shape index (κ2) is 9.89. The van der Waals surface area contributed by atoms with Gasteiger partial charge in [0.1, 0.15) is 11.5 Å². The molecule has 0 radical (unpaired) electrons. The standard InChI is InChI=1S/C26H24Cl2FN7O/c1-2-36-14-18(11-30-36)24-19-8-15(5-6-23(19)31-32-24)25-33-34-26(37-25)16-4-3-7-35(12-16)13-17-9-22(29)21(28)10-20(17)27/h5-6,8-11,14,16H,2-4,7,12-13H2,1H3,(H,31,32)/t16-/m1/s1. The van der Waals surface area contributed by atoms with Crippen LogP contribution >= 0.6 is 23.2 Å².